The smallest absolute Gasteiger partial charge is 0.331 e. The summed E-state index contributed by atoms with van der Waals surface area (Å²) in [5.41, 5.74) is -2.84. The molecule has 4 rings (SSSR count). The van der Waals surface area contributed by atoms with Crippen LogP contribution in [0.3, 0.4) is 0 Å². The normalized spacial score (nSPS) is 38.4. The SMILES string of the molecule is CCCCC/C=C\C=C\C(=O)O[C@H]1C(C)=C[C@]23C(=O)[C@@H](C=C(CO)[C@@H](OC(C)=O)[C@]12O)[C@H]1[C@@H](C[C@H]3C)C1(C)C. The highest BCUT2D eigenvalue weighted by Crippen LogP contribution is 2.71. The number of aliphatic hydroxyl groups excluding tert-OH is 1. The van der Waals surface area contributed by atoms with Crippen LogP contribution in [-0.4, -0.2) is 52.4 Å². The van der Waals surface area contributed by atoms with Crippen LogP contribution in [0.25, 0.3) is 0 Å². The van der Waals surface area contributed by atoms with Gasteiger partial charge in [0, 0.05) is 18.9 Å². The van der Waals surface area contributed by atoms with E-state index in [2.05, 4.69) is 20.8 Å². The molecule has 2 bridgehead atoms. The van der Waals surface area contributed by atoms with Gasteiger partial charge in [0.05, 0.1) is 12.0 Å². The van der Waals surface area contributed by atoms with E-state index in [1.165, 1.54) is 13.0 Å². The first-order chi connectivity index (χ1) is 18.4. The van der Waals surface area contributed by atoms with Crippen molar-refractivity contribution in [2.24, 2.45) is 34.5 Å². The number of esters is 2. The van der Waals surface area contributed by atoms with Gasteiger partial charge in [-0.25, -0.2) is 4.79 Å². The summed E-state index contributed by atoms with van der Waals surface area (Å²) in [4.78, 5) is 39.8. The molecule has 0 aliphatic heterocycles. The summed E-state index contributed by atoms with van der Waals surface area (Å²) in [6.45, 7) is 10.8. The highest BCUT2D eigenvalue weighted by Gasteiger charge is 2.77. The molecule has 39 heavy (non-hydrogen) atoms. The highest BCUT2D eigenvalue weighted by atomic mass is 16.6. The summed E-state index contributed by atoms with van der Waals surface area (Å²) >= 11 is 0. The third kappa shape index (κ3) is 4.65. The Balaban J connectivity index is 1.74. The molecular formula is C32H44O7. The third-order valence-corrected chi connectivity index (χ3v) is 9.84. The number of hydrogen-bond donors (Lipinski definition) is 2. The van der Waals surface area contributed by atoms with Gasteiger partial charge in [0.1, 0.15) is 0 Å². The topological polar surface area (TPSA) is 110 Å². The van der Waals surface area contributed by atoms with Gasteiger partial charge in [0.2, 0.25) is 0 Å². The largest absolute Gasteiger partial charge is 0.455 e. The molecule has 1 spiro atoms. The van der Waals surface area contributed by atoms with Crippen molar-refractivity contribution < 1.29 is 34.1 Å². The summed E-state index contributed by atoms with van der Waals surface area (Å²) < 4.78 is 11.6. The zero-order valence-electron chi connectivity index (χ0n) is 24.1. The third-order valence-electron chi connectivity index (χ3n) is 9.84. The molecule has 8 atom stereocenters. The average Bonchev–Trinajstić information content (AvgIpc) is 3.36. The van der Waals surface area contributed by atoms with Gasteiger partial charge >= 0.3 is 11.9 Å². The van der Waals surface area contributed by atoms with E-state index in [1.54, 1.807) is 31.2 Å². The minimum atomic E-state index is -2.11. The predicted molar refractivity (Wildman–Crippen MR) is 147 cm³/mol. The lowest BCUT2D eigenvalue weighted by atomic mass is 9.59. The van der Waals surface area contributed by atoms with E-state index < -0.39 is 47.7 Å². The van der Waals surface area contributed by atoms with Crippen LogP contribution >= 0.6 is 0 Å². The number of ketones is 1. The molecule has 0 aromatic rings. The summed E-state index contributed by atoms with van der Waals surface area (Å²) in [7, 11) is 0. The predicted octanol–water partition coefficient (Wildman–Crippen LogP) is 4.63. The van der Waals surface area contributed by atoms with E-state index in [9.17, 15) is 24.6 Å². The van der Waals surface area contributed by atoms with E-state index in [1.807, 2.05) is 13.0 Å². The second-order valence-corrected chi connectivity index (χ2v) is 12.6. The van der Waals surface area contributed by atoms with Crippen LogP contribution in [0.4, 0.5) is 0 Å². The fraction of sp³-hybridized carbons (Fsp3) is 0.656. The van der Waals surface area contributed by atoms with Crippen LogP contribution in [0, 0.1) is 34.5 Å². The number of carbonyl (C=O) groups excluding carboxylic acids is 3. The number of ether oxygens (including phenoxy) is 2. The molecule has 7 nitrogen and oxygen atoms in total. The molecule has 0 amide bonds. The lowest BCUT2D eigenvalue weighted by molar-refractivity contribution is -0.210. The summed E-state index contributed by atoms with van der Waals surface area (Å²) in [5, 5.41) is 23.2. The minimum absolute atomic E-state index is 0.0519. The van der Waals surface area contributed by atoms with Gasteiger partial charge in [0.15, 0.2) is 23.6 Å². The van der Waals surface area contributed by atoms with E-state index in [0.717, 1.165) is 25.7 Å². The first kappa shape index (κ1) is 29.5. The highest BCUT2D eigenvalue weighted by molar-refractivity contribution is 5.95. The number of Topliss-reactive ketones (excluding diaryl/α,β-unsaturated/α-hetero) is 1. The van der Waals surface area contributed by atoms with Crippen molar-refractivity contribution in [3.8, 4) is 0 Å². The molecule has 0 saturated heterocycles. The number of allylic oxidation sites excluding steroid dienone is 4. The lowest BCUT2D eigenvalue weighted by Crippen LogP contribution is -2.66. The molecule has 0 heterocycles. The summed E-state index contributed by atoms with van der Waals surface area (Å²) in [5.74, 6) is -2.06. The number of fused-ring (bicyclic) bond motifs is 3. The molecule has 2 fully saturated rings. The summed E-state index contributed by atoms with van der Waals surface area (Å²) in [6.07, 6.45) is 12.5. The minimum Gasteiger partial charge on any atom is -0.455 e. The number of carbonyl (C=O) groups is 3. The molecule has 0 unspecified atom stereocenters. The van der Waals surface area contributed by atoms with Gasteiger partial charge in [-0.1, -0.05) is 70.9 Å². The molecule has 0 radical (unpaired) electrons. The monoisotopic (exact) mass is 540 g/mol. The second kappa shape index (κ2) is 10.8. The zero-order valence-corrected chi connectivity index (χ0v) is 24.1. The van der Waals surface area contributed by atoms with Gasteiger partial charge in [-0.05, 0) is 60.5 Å². The lowest BCUT2D eigenvalue weighted by Gasteiger charge is -2.49. The molecule has 2 N–H and O–H groups in total. The van der Waals surface area contributed by atoms with Gasteiger partial charge in [-0.15, -0.1) is 0 Å². The molecule has 4 aliphatic rings. The van der Waals surface area contributed by atoms with E-state index in [4.69, 9.17) is 9.47 Å². The molecule has 0 aromatic carbocycles. The van der Waals surface area contributed by atoms with Crippen LogP contribution in [0.15, 0.2) is 47.6 Å². The van der Waals surface area contributed by atoms with Crippen molar-refractivity contribution in [2.45, 2.75) is 91.5 Å². The van der Waals surface area contributed by atoms with E-state index in [0.29, 0.717) is 12.0 Å². The van der Waals surface area contributed by atoms with Crippen molar-refractivity contribution in [3.63, 3.8) is 0 Å². The number of unbranched alkanes of at least 4 members (excludes halogenated alkanes) is 3. The Morgan fingerprint density at radius 1 is 1.15 bits per heavy atom. The van der Waals surface area contributed by atoms with Gasteiger partial charge in [0.25, 0.3) is 0 Å². The Morgan fingerprint density at radius 3 is 2.51 bits per heavy atom. The molecule has 7 heteroatoms. The molecule has 0 aromatic heterocycles. The standard InChI is InChI=1S/C32H44O7/c1-7-8-9-10-11-12-13-14-25(35)39-28-19(2)17-31-20(3)15-24-26(30(24,5)6)23(27(31)36)16-22(18-33)29(32(28,31)37)38-21(4)34/h11-14,16-17,20,23-24,26,28-29,33,37H,7-10,15,18H2,1-6H3/b12-11-,14-13+/t20-,23+,24-,26+,28+,29-,31+,32-/m1/s1. The number of aliphatic hydroxyl groups is 2. The molecule has 214 valence electrons. The fourth-order valence-electron chi connectivity index (χ4n) is 7.88. The van der Waals surface area contributed by atoms with Crippen molar-refractivity contribution in [2.75, 3.05) is 6.61 Å². The van der Waals surface area contributed by atoms with Crippen LogP contribution in [-0.2, 0) is 23.9 Å². The van der Waals surface area contributed by atoms with E-state index in [-0.39, 0.29) is 34.5 Å². The first-order valence-corrected chi connectivity index (χ1v) is 14.4. The van der Waals surface area contributed by atoms with Crippen molar-refractivity contribution in [3.05, 3.63) is 47.6 Å². The quantitative estimate of drug-likeness (QED) is 0.144. The Morgan fingerprint density at radius 2 is 1.87 bits per heavy atom. The molecule has 4 aliphatic carbocycles. The Labute approximate surface area is 232 Å². The van der Waals surface area contributed by atoms with Crippen LogP contribution in [0.1, 0.15) is 73.6 Å². The average molecular weight is 541 g/mol. The maximum Gasteiger partial charge on any atom is 0.331 e. The first-order valence-electron chi connectivity index (χ1n) is 14.4. The maximum absolute atomic E-state index is 14.5. The van der Waals surface area contributed by atoms with Crippen molar-refractivity contribution in [1.29, 1.82) is 0 Å². The van der Waals surface area contributed by atoms with E-state index >= 15 is 0 Å². The number of hydrogen-bond acceptors (Lipinski definition) is 7. The van der Waals surface area contributed by atoms with Gasteiger partial charge < -0.3 is 19.7 Å². The van der Waals surface area contributed by atoms with Crippen LogP contribution in [0.5, 0.6) is 0 Å². The van der Waals surface area contributed by atoms with Crippen LogP contribution < -0.4 is 0 Å². The van der Waals surface area contributed by atoms with Crippen molar-refractivity contribution >= 4 is 17.7 Å². The zero-order chi connectivity index (χ0) is 28.8. The summed E-state index contributed by atoms with van der Waals surface area (Å²) in [6, 6.07) is 0. The van der Waals surface area contributed by atoms with Gasteiger partial charge in [-0.2, -0.15) is 0 Å². The Bertz CT molecular complexity index is 1130. The number of rotatable bonds is 9. The Hall–Kier alpha value is -2.51. The fourth-order valence-corrected chi connectivity index (χ4v) is 7.88. The molecule has 2 saturated carbocycles. The van der Waals surface area contributed by atoms with Crippen LogP contribution in [0.2, 0.25) is 0 Å². The maximum atomic E-state index is 14.5. The molecular weight excluding hydrogens is 496 g/mol. The van der Waals surface area contributed by atoms with Gasteiger partial charge in [-0.3, -0.25) is 9.59 Å². The van der Waals surface area contributed by atoms with Crippen molar-refractivity contribution in [1.82, 2.24) is 0 Å². The Kier molecular flexibility index (Phi) is 8.17. The second-order valence-electron chi connectivity index (χ2n) is 12.6.